The molecule has 150 valence electrons. The van der Waals surface area contributed by atoms with E-state index in [0.29, 0.717) is 31.7 Å². The van der Waals surface area contributed by atoms with Gasteiger partial charge in [-0.25, -0.2) is 0 Å². The van der Waals surface area contributed by atoms with Crippen LogP contribution < -0.4 is 10.6 Å². The summed E-state index contributed by atoms with van der Waals surface area (Å²) in [5.41, 5.74) is 0. The number of hydrogen-bond donors (Lipinski definition) is 2. The zero-order chi connectivity index (χ0) is 20.1. The van der Waals surface area contributed by atoms with E-state index in [9.17, 15) is 14.4 Å². The van der Waals surface area contributed by atoms with Gasteiger partial charge in [0.15, 0.2) is 11.5 Å². The van der Waals surface area contributed by atoms with Gasteiger partial charge in [0.2, 0.25) is 5.91 Å². The van der Waals surface area contributed by atoms with Crippen molar-refractivity contribution in [3.05, 3.63) is 48.3 Å². The maximum atomic E-state index is 12.7. The Labute approximate surface area is 163 Å². The van der Waals surface area contributed by atoms with Crippen LogP contribution in [0.5, 0.6) is 0 Å². The third-order valence-electron chi connectivity index (χ3n) is 4.84. The van der Waals surface area contributed by atoms with E-state index < -0.39 is 11.9 Å². The topological polar surface area (TPSA) is 105 Å². The molecule has 1 unspecified atom stereocenters. The van der Waals surface area contributed by atoms with Crippen molar-refractivity contribution >= 4 is 17.7 Å². The van der Waals surface area contributed by atoms with E-state index in [4.69, 9.17) is 8.83 Å². The number of carbonyl (C=O) groups excluding carboxylic acids is 3. The van der Waals surface area contributed by atoms with Crippen molar-refractivity contribution in [3.63, 3.8) is 0 Å². The van der Waals surface area contributed by atoms with E-state index in [-0.39, 0.29) is 29.5 Å². The first kappa shape index (κ1) is 19.7. The van der Waals surface area contributed by atoms with Crippen LogP contribution in [0.15, 0.2) is 45.6 Å². The second-order valence-corrected chi connectivity index (χ2v) is 7.22. The Kier molecular flexibility index (Phi) is 6.18. The Morgan fingerprint density at radius 3 is 2.18 bits per heavy atom. The van der Waals surface area contributed by atoms with Crippen molar-refractivity contribution in [1.29, 1.82) is 0 Å². The number of furan rings is 2. The van der Waals surface area contributed by atoms with Gasteiger partial charge >= 0.3 is 0 Å². The highest BCUT2D eigenvalue weighted by molar-refractivity contribution is 5.95. The van der Waals surface area contributed by atoms with Crippen LogP contribution in [0, 0.1) is 5.92 Å². The highest BCUT2D eigenvalue weighted by Crippen LogP contribution is 2.15. The zero-order valence-electron chi connectivity index (χ0n) is 16.0. The lowest BCUT2D eigenvalue weighted by Crippen LogP contribution is -2.54. The Morgan fingerprint density at radius 2 is 1.64 bits per heavy atom. The molecule has 2 N–H and O–H groups in total. The molecule has 1 atom stereocenters. The molecular formula is C20H25N3O5. The van der Waals surface area contributed by atoms with Crippen LogP contribution >= 0.6 is 0 Å². The average Bonchev–Trinajstić information content (AvgIpc) is 3.39. The summed E-state index contributed by atoms with van der Waals surface area (Å²) < 4.78 is 10.2. The highest BCUT2D eigenvalue weighted by atomic mass is 16.3. The number of carbonyl (C=O) groups is 3. The maximum absolute atomic E-state index is 12.7. The van der Waals surface area contributed by atoms with Gasteiger partial charge in [-0.05, 0) is 43.0 Å². The number of nitrogens with one attached hydrogen (secondary N) is 2. The fraction of sp³-hybridized carbons (Fsp3) is 0.450. The van der Waals surface area contributed by atoms with Crippen LogP contribution in [0.25, 0.3) is 0 Å². The molecule has 2 aromatic rings. The van der Waals surface area contributed by atoms with Crippen molar-refractivity contribution in [1.82, 2.24) is 15.5 Å². The summed E-state index contributed by atoms with van der Waals surface area (Å²) in [5.74, 6) is -0.380. The number of nitrogens with zero attached hydrogens (tertiary/aromatic N) is 1. The Bertz CT molecular complexity index is 790. The van der Waals surface area contributed by atoms with E-state index in [2.05, 4.69) is 10.6 Å². The smallest absolute Gasteiger partial charge is 0.289 e. The van der Waals surface area contributed by atoms with Crippen LogP contribution in [0.2, 0.25) is 0 Å². The first-order valence-electron chi connectivity index (χ1n) is 9.43. The van der Waals surface area contributed by atoms with Gasteiger partial charge in [-0.2, -0.15) is 0 Å². The number of amides is 3. The fourth-order valence-electron chi connectivity index (χ4n) is 3.23. The third-order valence-corrected chi connectivity index (χ3v) is 4.84. The normalized spacial score (nSPS) is 16.0. The lowest BCUT2D eigenvalue weighted by atomic mass is 10.0. The second kappa shape index (κ2) is 8.77. The lowest BCUT2D eigenvalue weighted by Gasteiger charge is -2.33. The zero-order valence-corrected chi connectivity index (χ0v) is 16.0. The molecule has 28 heavy (non-hydrogen) atoms. The fourth-order valence-corrected chi connectivity index (χ4v) is 3.23. The van der Waals surface area contributed by atoms with E-state index in [1.807, 2.05) is 13.8 Å². The van der Waals surface area contributed by atoms with Gasteiger partial charge < -0.3 is 24.4 Å². The quantitative estimate of drug-likeness (QED) is 0.789. The summed E-state index contributed by atoms with van der Waals surface area (Å²) in [4.78, 5) is 38.9. The first-order valence-corrected chi connectivity index (χ1v) is 9.43. The van der Waals surface area contributed by atoms with E-state index in [1.54, 1.807) is 29.2 Å². The van der Waals surface area contributed by atoms with E-state index in [1.165, 1.54) is 12.5 Å². The molecule has 2 aromatic heterocycles. The lowest BCUT2D eigenvalue weighted by molar-refractivity contribution is -0.124. The van der Waals surface area contributed by atoms with Crippen LogP contribution in [0.4, 0.5) is 0 Å². The largest absolute Gasteiger partial charge is 0.459 e. The van der Waals surface area contributed by atoms with Crippen molar-refractivity contribution in [2.75, 3.05) is 13.1 Å². The van der Waals surface area contributed by atoms with Gasteiger partial charge in [0.1, 0.15) is 6.04 Å². The predicted octanol–water partition coefficient (Wildman–Crippen LogP) is 2.05. The highest BCUT2D eigenvalue weighted by Gasteiger charge is 2.30. The third kappa shape index (κ3) is 4.62. The minimum atomic E-state index is -0.666. The van der Waals surface area contributed by atoms with Crippen LogP contribution in [-0.2, 0) is 4.79 Å². The molecule has 3 rings (SSSR count). The SMILES string of the molecule is CC(C)C(NC(=O)c1ccco1)C(=O)NC1CCN(C(=O)c2ccco2)CC1. The standard InChI is InChI=1S/C20H25N3O5/c1-13(2)17(22-18(24)15-5-3-11-27-15)19(25)21-14-7-9-23(10-8-14)20(26)16-6-4-12-28-16/h3-6,11-14,17H,7-10H2,1-2H3,(H,21,25)(H,22,24). The molecule has 0 bridgehead atoms. The molecule has 8 nitrogen and oxygen atoms in total. The molecule has 0 spiro atoms. The second-order valence-electron chi connectivity index (χ2n) is 7.22. The van der Waals surface area contributed by atoms with Gasteiger partial charge in [0, 0.05) is 19.1 Å². The summed E-state index contributed by atoms with van der Waals surface area (Å²) in [5, 5.41) is 5.73. The van der Waals surface area contributed by atoms with E-state index in [0.717, 1.165) is 0 Å². The summed E-state index contributed by atoms with van der Waals surface area (Å²) in [6, 6.07) is 5.79. The van der Waals surface area contributed by atoms with Crippen molar-refractivity contribution in [3.8, 4) is 0 Å². The molecule has 0 aliphatic carbocycles. The maximum Gasteiger partial charge on any atom is 0.289 e. The number of rotatable bonds is 6. The predicted molar refractivity (Wildman–Crippen MR) is 101 cm³/mol. The molecular weight excluding hydrogens is 362 g/mol. The van der Waals surface area contributed by atoms with Gasteiger partial charge in [-0.3, -0.25) is 14.4 Å². The Morgan fingerprint density at radius 1 is 1.04 bits per heavy atom. The first-order chi connectivity index (χ1) is 13.5. The molecule has 1 fully saturated rings. The molecule has 1 aliphatic rings. The molecule has 0 aromatic carbocycles. The average molecular weight is 387 g/mol. The number of piperidine rings is 1. The Hall–Kier alpha value is -3.03. The molecule has 1 saturated heterocycles. The minimum Gasteiger partial charge on any atom is -0.459 e. The van der Waals surface area contributed by atoms with Crippen LogP contribution in [-0.4, -0.2) is 47.8 Å². The minimum absolute atomic E-state index is 0.0464. The monoisotopic (exact) mass is 387 g/mol. The van der Waals surface area contributed by atoms with Gasteiger partial charge in [0.25, 0.3) is 11.8 Å². The molecule has 8 heteroatoms. The Balaban J connectivity index is 1.52. The van der Waals surface area contributed by atoms with Crippen molar-refractivity contribution in [2.45, 2.75) is 38.8 Å². The van der Waals surface area contributed by atoms with Gasteiger partial charge in [0.05, 0.1) is 12.5 Å². The summed E-state index contributed by atoms with van der Waals surface area (Å²) in [6.45, 7) is 4.82. The summed E-state index contributed by atoms with van der Waals surface area (Å²) in [7, 11) is 0. The number of hydrogen-bond acceptors (Lipinski definition) is 5. The van der Waals surface area contributed by atoms with Gasteiger partial charge in [-0.15, -0.1) is 0 Å². The summed E-state index contributed by atoms with van der Waals surface area (Å²) >= 11 is 0. The van der Waals surface area contributed by atoms with Crippen molar-refractivity contribution < 1.29 is 23.2 Å². The van der Waals surface area contributed by atoms with Crippen LogP contribution in [0.3, 0.4) is 0 Å². The van der Waals surface area contributed by atoms with Crippen molar-refractivity contribution in [2.24, 2.45) is 5.92 Å². The molecule has 0 radical (unpaired) electrons. The molecule has 1 aliphatic heterocycles. The molecule has 3 amide bonds. The van der Waals surface area contributed by atoms with Gasteiger partial charge in [-0.1, -0.05) is 13.8 Å². The molecule has 0 saturated carbocycles. The van der Waals surface area contributed by atoms with Crippen LogP contribution in [0.1, 0.15) is 47.8 Å². The number of likely N-dealkylation sites (tertiary alicyclic amines) is 1. The summed E-state index contributed by atoms with van der Waals surface area (Å²) in [6.07, 6.45) is 4.19. The van der Waals surface area contributed by atoms with E-state index >= 15 is 0 Å². The molecule has 3 heterocycles.